The van der Waals surface area contributed by atoms with E-state index in [-0.39, 0.29) is 13.0 Å². The van der Waals surface area contributed by atoms with E-state index < -0.39 is 46.0 Å². The second-order valence-electron chi connectivity index (χ2n) is 4.68. The number of likely N-dealkylation sites (tertiary alicyclic amines) is 1. The van der Waals surface area contributed by atoms with Crippen molar-refractivity contribution in [2.24, 2.45) is 5.73 Å². The first kappa shape index (κ1) is 14.9. The van der Waals surface area contributed by atoms with Gasteiger partial charge in [-0.2, -0.15) is 0 Å². The quantitative estimate of drug-likeness (QED) is 0.589. The molecule has 3 N–H and O–H groups in total. The number of rotatable bonds is 3. The zero-order valence-electron chi connectivity index (χ0n) is 10.7. The van der Waals surface area contributed by atoms with Crippen molar-refractivity contribution in [1.82, 2.24) is 4.90 Å². The van der Waals surface area contributed by atoms with Crippen LogP contribution in [0.2, 0.25) is 0 Å². The number of carbonyl (C=O) groups is 2. The SMILES string of the molecule is NC(=O)C1CC(O)CN1C(=O)c1cc(F)ccc1[N+](=O)[O-]. The Hall–Kier alpha value is -2.55. The standard InChI is InChI=1S/C12H12FN3O5/c13-6-1-2-9(16(20)21)8(3-6)12(19)15-5-7(17)4-10(15)11(14)18/h1-3,7,10,17H,4-5H2,(H2,14,18). The number of β-amino-alcohol motifs (C(OH)–C–C–N with tert-alkyl or cyclic N) is 1. The minimum Gasteiger partial charge on any atom is -0.391 e. The number of nitro groups is 1. The molecule has 0 radical (unpaired) electrons. The lowest BCUT2D eigenvalue weighted by Crippen LogP contribution is -2.43. The Morgan fingerprint density at radius 2 is 2.14 bits per heavy atom. The molecule has 0 saturated carbocycles. The van der Waals surface area contributed by atoms with Gasteiger partial charge in [0.25, 0.3) is 11.6 Å². The van der Waals surface area contributed by atoms with Gasteiger partial charge in [0.2, 0.25) is 5.91 Å². The Kier molecular flexibility index (Phi) is 3.85. The number of hydrogen-bond acceptors (Lipinski definition) is 5. The van der Waals surface area contributed by atoms with E-state index in [2.05, 4.69) is 0 Å². The number of nitrogens with two attached hydrogens (primary N) is 1. The fraction of sp³-hybridized carbons (Fsp3) is 0.333. The summed E-state index contributed by atoms with van der Waals surface area (Å²) in [7, 11) is 0. The lowest BCUT2D eigenvalue weighted by Gasteiger charge is -2.21. The highest BCUT2D eigenvalue weighted by Gasteiger charge is 2.39. The topological polar surface area (TPSA) is 127 Å². The highest BCUT2D eigenvalue weighted by Crippen LogP contribution is 2.26. The van der Waals surface area contributed by atoms with E-state index in [1.165, 1.54) is 0 Å². The molecule has 1 aliphatic heterocycles. The number of nitrogens with zero attached hydrogens (tertiary/aromatic N) is 2. The average molecular weight is 297 g/mol. The molecule has 112 valence electrons. The zero-order valence-corrected chi connectivity index (χ0v) is 10.7. The smallest absolute Gasteiger partial charge is 0.282 e. The van der Waals surface area contributed by atoms with Crippen LogP contribution in [0.25, 0.3) is 0 Å². The van der Waals surface area contributed by atoms with Crippen molar-refractivity contribution in [2.45, 2.75) is 18.6 Å². The van der Waals surface area contributed by atoms with Gasteiger partial charge < -0.3 is 15.7 Å². The van der Waals surface area contributed by atoms with Crippen LogP contribution in [0.15, 0.2) is 18.2 Å². The maximum Gasteiger partial charge on any atom is 0.282 e. The second kappa shape index (κ2) is 5.44. The lowest BCUT2D eigenvalue weighted by atomic mass is 10.1. The molecule has 1 saturated heterocycles. The van der Waals surface area contributed by atoms with Gasteiger partial charge in [0.15, 0.2) is 0 Å². The van der Waals surface area contributed by atoms with Gasteiger partial charge in [-0.25, -0.2) is 4.39 Å². The van der Waals surface area contributed by atoms with E-state index in [9.17, 15) is 29.2 Å². The van der Waals surface area contributed by atoms with Crippen LogP contribution in [-0.4, -0.2) is 45.4 Å². The van der Waals surface area contributed by atoms with Crippen molar-refractivity contribution in [2.75, 3.05) is 6.54 Å². The largest absolute Gasteiger partial charge is 0.391 e. The van der Waals surface area contributed by atoms with E-state index in [4.69, 9.17) is 5.73 Å². The maximum absolute atomic E-state index is 13.3. The number of amides is 2. The van der Waals surface area contributed by atoms with E-state index in [0.717, 1.165) is 23.1 Å². The summed E-state index contributed by atoms with van der Waals surface area (Å²) in [5, 5.41) is 20.4. The summed E-state index contributed by atoms with van der Waals surface area (Å²) in [6.07, 6.45) is -1.01. The summed E-state index contributed by atoms with van der Waals surface area (Å²) in [5.41, 5.74) is 4.08. The van der Waals surface area contributed by atoms with Crippen LogP contribution < -0.4 is 5.73 Å². The fourth-order valence-corrected chi connectivity index (χ4v) is 2.30. The van der Waals surface area contributed by atoms with Crippen LogP contribution in [0, 0.1) is 15.9 Å². The van der Waals surface area contributed by atoms with Crippen LogP contribution in [0.4, 0.5) is 10.1 Å². The number of primary amides is 1. The predicted octanol–water partition coefficient (Wildman–Crippen LogP) is -0.205. The molecule has 8 nitrogen and oxygen atoms in total. The first-order chi connectivity index (χ1) is 9.81. The van der Waals surface area contributed by atoms with Gasteiger partial charge in [0.05, 0.1) is 11.0 Å². The minimum absolute atomic E-state index is 0.0514. The second-order valence-corrected chi connectivity index (χ2v) is 4.68. The maximum atomic E-state index is 13.3. The highest BCUT2D eigenvalue weighted by molar-refractivity contribution is 6.00. The van der Waals surface area contributed by atoms with E-state index >= 15 is 0 Å². The molecule has 1 aliphatic rings. The summed E-state index contributed by atoms with van der Waals surface area (Å²) >= 11 is 0. The third kappa shape index (κ3) is 2.82. The van der Waals surface area contributed by atoms with Crippen LogP contribution in [0.3, 0.4) is 0 Å². The van der Waals surface area contributed by atoms with Crippen molar-refractivity contribution in [3.05, 3.63) is 39.7 Å². The van der Waals surface area contributed by atoms with Gasteiger partial charge in [0, 0.05) is 19.0 Å². The highest BCUT2D eigenvalue weighted by atomic mass is 19.1. The summed E-state index contributed by atoms with van der Waals surface area (Å²) in [6.45, 7) is -0.194. The van der Waals surface area contributed by atoms with Crippen LogP contribution in [-0.2, 0) is 4.79 Å². The number of halogens is 1. The van der Waals surface area contributed by atoms with Gasteiger partial charge >= 0.3 is 0 Å². The average Bonchev–Trinajstić information content (AvgIpc) is 2.79. The molecule has 0 bridgehead atoms. The summed E-state index contributed by atoms with van der Waals surface area (Å²) in [6, 6.07) is 1.38. The van der Waals surface area contributed by atoms with Crippen LogP contribution in [0.1, 0.15) is 16.8 Å². The monoisotopic (exact) mass is 297 g/mol. The van der Waals surface area contributed by atoms with Crippen molar-refractivity contribution >= 4 is 17.5 Å². The molecule has 0 spiro atoms. The van der Waals surface area contributed by atoms with Crippen molar-refractivity contribution in [3.63, 3.8) is 0 Å². The third-order valence-corrected chi connectivity index (χ3v) is 3.25. The Balaban J connectivity index is 2.42. The summed E-state index contributed by atoms with van der Waals surface area (Å²) in [4.78, 5) is 34.6. The Bertz CT molecular complexity index is 621. The number of aliphatic hydroxyl groups excluding tert-OH is 1. The zero-order chi connectivity index (χ0) is 15.7. The molecule has 21 heavy (non-hydrogen) atoms. The molecule has 2 unspecified atom stereocenters. The van der Waals surface area contributed by atoms with Gasteiger partial charge in [-0.1, -0.05) is 0 Å². The van der Waals surface area contributed by atoms with Crippen molar-refractivity contribution in [1.29, 1.82) is 0 Å². The molecular formula is C12H12FN3O5. The number of carbonyl (C=O) groups excluding carboxylic acids is 2. The summed E-state index contributed by atoms with van der Waals surface area (Å²) < 4.78 is 13.3. The minimum atomic E-state index is -1.07. The molecule has 2 rings (SSSR count). The Morgan fingerprint density at radius 1 is 1.48 bits per heavy atom. The van der Waals surface area contributed by atoms with Crippen LogP contribution >= 0.6 is 0 Å². The predicted molar refractivity (Wildman–Crippen MR) is 67.7 cm³/mol. The van der Waals surface area contributed by atoms with E-state index in [1.807, 2.05) is 0 Å². The lowest BCUT2D eigenvalue weighted by molar-refractivity contribution is -0.385. The first-order valence-electron chi connectivity index (χ1n) is 6.03. The van der Waals surface area contributed by atoms with Gasteiger partial charge in [-0.05, 0) is 12.1 Å². The summed E-state index contributed by atoms with van der Waals surface area (Å²) in [5.74, 6) is -2.57. The normalized spacial score (nSPS) is 21.3. The number of benzene rings is 1. The molecular weight excluding hydrogens is 285 g/mol. The molecule has 0 aromatic heterocycles. The number of hydrogen-bond donors (Lipinski definition) is 2. The van der Waals surface area contributed by atoms with E-state index in [0.29, 0.717) is 0 Å². The van der Waals surface area contributed by atoms with E-state index in [1.54, 1.807) is 0 Å². The number of nitro benzene ring substituents is 1. The Morgan fingerprint density at radius 3 is 2.71 bits per heavy atom. The molecule has 1 aromatic rings. The molecule has 1 fully saturated rings. The number of aliphatic hydroxyl groups is 1. The molecule has 0 aliphatic carbocycles. The fourth-order valence-electron chi connectivity index (χ4n) is 2.30. The van der Waals surface area contributed by atoms with Gasteiger partial charge in [-0.15, -0.1) is 0 Å². The van der Waals surface area contributed by atoms with Gasteiger partial charge in [-0.3, -0.25) is 19.7 Å². The molecule has 9 heteroatoms. The molecule has 1 heterocycles. The third-order valence-electron chi connectivity index (χ3n) is 3.25. The van der Waals surface area contributed by atoms with Gasteiger partial charge in [0.1, 0.15) is 17.4 Å². The molecule has 2 atom stereocenters. The van der Waals surface area contributed by atoms with Crippen molar-refractivity contribution < 1.29 is 24.0 Å². The van der Waals surface area contributed by atoms with Crippen LogP contribution in [0.5, 0.6) is 0 Å². The Labute approximate surface area is 118 Å². The first-order valence-corrected chi connectivity index (χ1v) is 6.03. The molecule has 2 amide bonds. The molecule has 1 aromatic carbocycles. The van der Waals surface area contributed by atoms with Crippen molar-refractivity contribution in [3.8, 4) is 0 Å².